The molecule has 1 heterocycles. The van der Waals surface area contributed by atoms with Gasteiger partial charge in [0.1, 0.15) is 0 Å². The number of hydrogen-bond donors (Lipinski definition) is 0. The van der Waals surface area contributed by atoms with E-state index in [1.54, 1.807) is 0 Å². The van der Waals surface area contributed by atoms with Gasteiger partial charge in [0.25, 0.3) is 0 Å². The molecule has 0 saturated heterocycles. The Bertz CT molecular complexity index is 568. The molecule has 0 unspecified atom stereocenters. The predicted octanol–water partition coefficient (Wildman–Crippen LogP) is 2.93. The second kappa shape index (κ2) is 2.87. The lowest BCUT2D eigenvalue weighted by molar-refractivity contribution is 0.857. The van der Waals surface area contributed by atoms with Gasteiger partial charge >= 0.3 is 0 Å². The number of fused-ring (bicyclic) bond motifs is 1. The van der Waals surface area contributed by atoms with E-state index in [0.717, 1.165) is 11.5 Å². The second-order valence-electron chi connectivity index (χ2n) is 4.29. The van der Waals surface area contributed by atoms with Crippen molar-refractivity contribution in [3.8, 4) is 6.07 Å². The van der Waals surface area contributed by atoms with Gasteiger partial charge in [0, 0.05) is 23.6 Å². The van der Waals surface area contributed by atoms with E-state index in [2.05, 4.69) is 23.8 Å². The van der Waals surface area contributed by atoms with Crippen LogP contribution >= 0.6 is 0 Å². The van der Waals surface area contributed by atoms with Crippen molar-refractivity contribution in [2.24, 2.45) is 7.05 Å². The largest absolute Gasteiger partial charge is 0.347 e. The Morgan fingerprint density at radius 3 is 2.80 bits per heavy atom. The molecule has 15 heavy (non-hydrogen) atoms. The molecule has 1 aliphatic carbocycles. The van der Waals surface area contributed by atoms with Gasteiger partial charge in [0.05, 0.1) is 11.6 Å². The Balaban J connectivity index is 2.26. The first-order chi connectivity index (χ1) is 7.29. The van der Waals surface area contributed by atoms with Crippen molar-refractivity contribution in [3.63, 3.8) is 0 Å². The van der Waals surface area contributed by atoms with Gasteiger partial charge < -0.3 is 4.57 Å². The molecule has 2 nitrogen and oxygen atoms in total. The molecule has 0 N–H and O–H groups in total. The third kappa shape index (κ3) is 1.24. The van der Waals surface area contributed by atoms with Gasteiger partial charge in [-0.05, 0) is 43.0 Å². The van der Waals surface area contributed by atoms with E-state index < -0.39 is 0 Å². The number of aryl methyl sites for hydroxylation is 1. The normalized spacial score (nSPS) is 15.5. The molecule has 1 aromatic heterocycles. The number of benzene rings is 1. The number of nitrogens with zero attached hydrogens (tertiary/aromatic N) is 2. The zero-order chi connectivity index (χ0) is 10.4. The monoisotopic (exact) mass is 196 g/mol. The second-order valence-corrected chi connectivity index (χ2v) is 4.29. The lowest BCUT2D eigenvalue weighted by atomic mass is 10.2. The molecule has 1 aliphatic rings. The Morgan fingerprint density at radius 2 is 2.13 bits per heavy atom. The Hall–Kier alpha value is -1.75. The Labute approximate surface area is 88.7 Å². The van der Waals surface area contributed by atoms with Gasteiger partial charge in [0.2, 0.25) is 0 Å². The van der Waals surface area contributed by atoms with Crippen LogP contribution in [0, 0.1) is 11.3 Å². The number of rotatable bonds is 1. The smallest absolute Gasteiger partial charge is 0.0991 e. The summed E-state index contributed by atoms with van der Waals surface area (Å²) in [5.74, 6) is 0.757. The average molecular weight is 196 g/mol. The van der Waals surface area contributed by atoms with Crippen LogP contribution in [-0.4, -0.2) is 4.57 Å². The highest BCUT2D eigenvalue weighted by Gasteiger charge is 2.26. The van der Waals surface area contributed by atoms with Gasteiger partial charge in [-0.15, -0.1) is 0 Å². The van der Waals surface area contributed by atoms with Crippen LogP contribution in [0.1, 0.15) is 30.0 Å². The summed E-state index contributed by atoms with van der Waals surface area (Å²) in [5.41, 5.74) is 3.39. The lowest BCUT2D eigenvalue weighted by Crippen LogP contribution is -1.92. The molecule has 0 aliphatic heterocycles. The van der Waals surface area contributed by atoms with Crippen LogP contribution in [-0.2, 0) is 7.05 Å². The van der Waals surface area contributed by atoms with Crippen molar-refractivity contribution in [3.05, 3.63) is 35.5 Å². The Kier molecular flexibility index (Phi) is 1.63. The summed E-state index contributed by atoms with van der Waals surface area (Å²) in [7, 11) is 2.11. The van der Waals surface area contributed by atoms with Crippen molar-refractivity contribution < 1.29 is 0 Å². The number of hydrogen-bond acceptors (Lipinski definition) is 1. The highest BCUT2D eigenvalue weighted by molar-refractivity contribution is 5.83. The van der Waals surface area contributed by atoms with Crippen LogP contribution in [0.25, 0.3) is 10.9 Å². The van der Waals surface area contributed by atoms with Crippen molar-refractivity contribution in [1.82, 2.24) is 4.57 Å². The molecule has 0 amide bonds. The lowest BCUT2D eigenvalue weighted by Gasteiger charge is -2.01. The SMILES string of the molecule is Cn1c(C2CC2)cc2cc(C#N)ccc21. The minimum absolute atomic E-state index is 0.746. The van der Waals surface area contributed by atoms with Crippen molar-refractivity contribution >= 4 is 10.9 Å². The fourth-order valence-electron chi connectivity index (χ4n) is 2.21. The van der Waals surface area contributed by atoms with E-state index in [4.69, 9.17) is 5.26 Å². The maximum Gasteiger partial charge on any atom is 0.0991 e. The van der Waals surface area contributed by atoms with Crippen molar-refractivity contribution in [1.29, 1.82) is 5.26 Å². The molecular weight excluding hydrogens is 184 g/mol. The summed E-state index contributed by atoms with van der Waals surface area (Å²) in [6.07, 6.45) is 2.63. The van der Waals surface area contributed by atoms with Gasteiger partial charge in [0.15, 0.2) is 0 Å². The van der Waals surface area contributed by atoms with Crippen LogP contribution < -0.4 is 0 Å². The zero-order valence-corrected chi connectivity index (χ0v) is 8.70. The first-order valence-corrected chi connectivity index (χ1v) is 5.29. The van der Waals surface area contributed by atoms with E-state index in [-0.39, 0.29) is 0 Å². The van der Waals surface area contributed by atoms with Gasteiger partial charge in [-0.25, -0.2) is 0 Å². The summed E-state index contributed by atoms with van der Waals surface area (Å²) in [6, 6.07) is 10.3. The minimum atomic E-state index is 0.746. The topological polar surface area (TPSA) is 28.7 Å². The van der Waals surface area contributed by atoms with E-state index in [9.17, 15) is 0 Å². The highest BCUT2D eigenvalue weighted by atomic mass is 15.0. The fraction of sp³-hybridized carbons (Fsp3) is 0.308. The van der Waals surface area contributed by atoms with E-state index in [0.29, 0.717) is 0 Å². The van der Waals surface area contributed by atoms with Crippen molar-refractivity contribution in [2.45, 2.75) is 18.8 Å². The molecule has 1 aromatic carbocycles. The first-order valence-electron chi connectivity index (χ1n) is 5.29. The van der Waals surface area contributed by atoms with Crippen LogP contribution in [0.4, 0.5) is 0 Å². The van der Waals surface area contributed by atoms with Crippen LogP contribution in [0.15, 0.2) is 24.3 Å². The molecule has 0 atom stereocenters. The molecule has 1 fully saturated rings. The molecule has 0 bridgehead atoms. The van der Waals surface area contributed by atoms with Crippen LogP contribution in [0.5, 0.6) is 0 Å². The quantitative estimate of drug-likeness (QED) is 0.689. The Morgan fingerprint density at radius 1 is 1.33 bits per heavy atom. The molecule has 2 aromatic rings. The predicted molar refractivity (Wildman–Crippen MR) is 59.6 cm³/mol. The third-order valence-corrected chi connectivity index (χ3v) is 3.20. The zero-order valence-electron chi connectivity index (χ0n) is 8.70. The molecule has 0 spiro atoms. The highest BCUT2D eigenvalue weighted by Crippen LogP contribution is 2.41. The first kappa shape index (κ1) is 8.55. The molecule has 0 radical (unpaired) electrons. The number of nitriles is 1. The summed E-state index contributed by atoms with van der Waals surface area (Å²) in [6.45, 7) is 0. The summed E-state index contributed by atoms with van der Waals surface area (Å²) < 4.78 is 2.26. The number of aromatic nitrogens is 1. The standard InChI is InChI=1S/C13H12N2/c1-15-12-5-2-9(8-14)6-11(12)7-13(15)10-3-4-10/h2,5-7,10H,3-4H2,1H3. The maximum atomic E-state index is 8.84. The van der Waals surface area contributed by atoms with Gasteiger partial charge in [-0.2, -0.15) is 5.26 Å². The molecule has 2 heteroatoms. The van der Waals surface area contributed by atoms with Gasteiger partial charge in [-0.1, -0.05) is 0 Å². The van der Waals surface area contributed by atoms with E-state index >= 15 is 0 Å². The molecule has 3 rings (SSSR count). The summed E-state index contributed by atoms with van der Waals surface area (Å²) in [4.78, 5) is 0. The summed E-state index contributed by atoms with van der Waals surface area (Å²) >= 11 is 0. The van der Waals surface area contributed by atoms with Crippen molar-refractivity contribution in [2.75, 3.05) is 0 Å². The molecular formula is C13H12N2. The summed E-state index contributed by atoms with van der Waals surface area (Å²) in [5, 5.41) is 10.0. The fourth-order valence-corrected chi connectivity index (χ4v) is 2.21. The van der Waals surface area contributed by atoms with Gasteiger partial charge in [-0.3, -0.25) is 0 Å². The van der Waals surface area contributed by atoms with E-state index in [1.165, 1.54) is 29.4 Å². The maximum absolute atomic E-state index is 8.84. The van der Waals surface area contributed by atoms with E-state index in [1.807, 2.05) is 18.2 Å². The minimum Gasteiger partial charge on any atom is -0.347 e. The molecule has 74 valence electrons. The average Bonchev–Trinajstić information content (AvgIpc) is 3.04. The third-order valence-electron chi connectivity index (χ3n) is 3.20. The van der Waals surface area contributed by atoms with Crippen LogP contribution in [0.3, 0.4) is 0 Å². The van der Waals surface area contributed by atoms with Crippen LogP contribution in [0.2, 0.25) is 0 Å². The molecule has 1 saturated carbocycles.